The van der Waals surface area contributed by atoms with Crippen LogP contribution in [0.5, 0.6) is 0 Å². The molecule has 2 N–H and O–H groups in total. The van der Waals surface area contributed by atoms with Gasteiger partial charge in [0.2, 0.25) is 0 Å². The molecule has 0 aliphatic carbocycles. The maximum atomic E-state index is 13.4. The predicted octanol–water partition coefficient (Wildman–Crippen LogP) is 10.1. The summed E-state index contributed by atoms with van der Waals surface area (Å²) >= 11 is 0. The van der Waals surface area contributed by atoms with E-state index in [0.717, 1.165) is 121 Å². The number of aryl methyl sites for hydroxylation is 4. The summed E-state index contributed by atoms with van der Waals surface area (Å²) in [5.41, 5.74) is 17.1. The zero-order valence-corrected chi connectivity index (χ0v) is 34.0. The van der Waals surface area contributed by atoms with E-state index in [0.29, 0.717) is 24.0 Å². The lowest BCUT2D eigenvalue weighted by molar-refractivity contribution is -0.141. The normalized spacial score (nSPS) is 12.7. The van der Waals surface area contributed by atoms with E-state index in [9.17, 15) is 14.4 Å². The largest absolute Gasteiger partial charge is 0.469 e. The van der Waals surface area contributed by atoms with Gasteiger partial charge >= 0.3 is 17.9 Å². The first-order valence-corrected chi connectivity index (χ1v) is 19.6. The van der Waals surface area contributed by atoms with E-state index in [1.807, 2.05) is 18.2 Å². The van der Waals surface area contributed by atoms with E-state index in [4.69, 9.17) is 24.2 Å². The molecule has 0 spiro atoms. The smallest absolute Gasteiger partial charge is 0.338 e. The second kappa shape index (κ2) is 16.9. The van der Waals surface area contributed by atoms with E-state index < -0.39 is 5.97 Å². The van der Waals surface area contributed by atoms with Crippen molar-refractivity contribution in [2.75, 3.05) is 21.3 Å². The summed E-state index contributed by atoms with van der Waals surface area (Å²) in [6, 6.07) is 13.8. The van der Waals surface area contributed by atoms with Gasteiger partial charge in [0.15, 0.2) is 0 Å². The second-order valence-electron chi connectivity index (χ2n) is 14.1. The topological polar surface area (TPSA) is 136 Å². The highest BCUT2D eigenvalue weighted by Crippen LogP contribution is 2.46. The van der Waals surface area contributed by atoms with Crippen molar-refractivity contribution in [3.8, 4) is 11.1 Å². The summed E-state index contributed by atoms with van der Waals surface area (Å²) in [6.45, 7) is 12.7. The molecule has 4 aromatic rings. The molecule has 3 aromatic heterocycles. The molecule has 0 amide bonds. The Bertz CT molecular complexity index is 2320. The summed E-state index contributed by atoms with van der Waals surface area (Å²) in [5, 5.41) is 0. The van der Waals surface area contributed by atoms with E-state index in [2.05, 4.69) is 69.7 Å². The third kappa shape index (κ3) is 7.32. The van der Waals surface area contributed by atoms with Gasteiger partial charge < -0.3 is 24.2 Å². The monoisotopic (exact) mass is 756 g/mol. The number of hydrogen-bond donors (Lipinski definition) is 2. The van der Waals surface area contributed by atoms with Crippen LogP contribution in [-0.4, -0.2) is 59.2 Å². The van der Waals surface area contributed by atoms with Gasteiger partial charge in [0.05, 0.1) is 49.7 Å². The van der Waals surface area contributed by atoms with Crippen molar-refractivity contribution in [3.63, 3.8) is 0 Å². The lowest BCUT2D eigenvalue weighted by Crippen LogP contribution is -2.05. The number of esters is 3. The first-order chi connectivity index (χ1) is 27.0. The SMILES string of the molecule is CCC1=C(CC)c2nc1cc1[nH]c(cc3[nH]c(cc4nc(c2-c2ccccc2C(=O)OC)C(CC)=C4CC)c(C)c3CCC(=O)OC)c(CCC(=O)OC)c1C. The Morgan fingerprint density at radius 2 is 1.04 bits per heavy atom. The highest BCUT2D eigenvalue weighted by atomic mass is 16.5. The lowest BCUT2D eigenvalue weighted by atomic mass is 9.89. The number of nitrogens with zero attached hydrogens (tertiary/aromatic N) is 2. The van der Waals surface area contributed by atoms with E-state index in [1.165, 1.54) is 21.3 Å². The average molecular weight is 757 g/mol. The van der Waals surface area contributed by atoms with Crippen LogP contribution in [-0.2, 0) is 36.6 Å². The molecule has 0 radical (unpaired) electrons. The molecule has 0 saturated carbocycles. The van der Waals surface area contributed by atoms with Crippen LogP contribution in [0.3, 0.4) is 0 Å². The predicted molar refractivity (Wildman–Crippen MR) is 223 cm³/mol. The van der Waals surface area contributed by atoms with Gasteiger partial charge in [0, 0.05) is 46.0 Å². The third-order valence-corrected chi connectivity index (χ3v) is 11.2. The van der Waals surface area contributed by atoms with Crippen molar-refractivity contribution in [2.45, 2.75) is 92.9 Å². The summed E-state index contributed by atoms with van der Waals surface area (Å²) in [5.74, 6) is -1.01. The van der Waals surface area contributed by atoms with Crippen LogP contribution in [0.15, 0.2) is 42.5 Å². The Kier molecular flexibility index (Phi) is 12.1. The number of H-pyrrole nitrogens is 2. The highest BCUT2D eigenvalue weighted by Gasteiger charge is 2.30. The number of methoxy groups -OCH3 is 3. The number of benzene rings is 1. The van der Waals surface area contributed by atoms with Gasteiger partial charge in [-0.1, -0.05) is 45.9 Å². The zero-order valence-electron chi connectivity index (χ0n) is 34.0. The van der Waals surface area contributed by atoms with E-state index in [1.54, 1.807) is 6.07 Å². The Morgan fingerprint density at radius 3 is 1.45 bits per heavy atom. The number of hydrogen-bond acceptors (Lipinski definition) is 8. The fraction of sp³-hybridized carbons (Fsp3) is 0.370. The Labute approximate surface area is 328 Å². The number of aromatic amines is 2. The van der Waals surface area contributed by atoms with Crippen LogP contribution in [0.4, 0.5) is 0 Å². The molecule has 292 valence electrons. The molecule has 2 aliphatic rings. The maximum Gasteiger partial charge on any atom is 0.338 e. The van der Waals surface area contributed by atoms with Gasteiger partial charge in [-0.05, 0) is 121 Å². The van der Waals surface area contributed by atoms with Crippen molar-refractivity contribution in [2.24, 2.45) is 0 Å². The first-order valence-electron chi connectivity index (χ1n) is 19.6. The van der Waals surface area contributed by atoms with Crippen molar-refractivity contribution in [1.82, 2.24) is 19.9 Å². The number of carbonyl (C=O) groups is 3. The summed E-state index contributed by atoms with van der Waals surface area (Å²) < 4.78 is 15.4. The van der Waals surface area contributed by atoms with E-state index in [-0.39, 0.29) is 24.8 Å². The van der Waals surface area contributed by atoms with Crippen LogP contribution in [0.1, 0.15) is 122 Å². The Morgan fingerprint density at radius 1 is 0.589 bits per heavy atom. The molecule has 0 fully saturated rings. The van der Waals surface area contributed by atoms with Gasteiger partial charge in [-0.15, -0.1) is 0 Å². The molecule has 6 rings (SSSR count). The Hall–Kier alpha value is -5.77. The zero-order chi connectivity index (χ0) is 40.3. The number of carbonyl (C=O) groups excluding carboxylic acids is 3. The summed E-state index contributed by atoms with van der Waals surface area (Å²) in [7, 11) is 4.21. The van der Waals surface area contributed by atoms with Crippen LogP contribution >= 0.6 is 0 Å². The van der Waals surface area contributed by atoms with Crippen molar-refractivity contribution in [3.05, 3.63) is 93.1 Å². The van der Waals surface area contributed by atoms with Gasteiger partial charge in [0.25, 0.3) is 0 Å². The lowest BCUT2D eigenvalue weighted by Gasteiger charge is -2.15. The number of nitrogens with one attached hydrogen (secondary N) is 2. The minimum Gasteiger partial charge on any atom is -0.469 e. The van der Waals surface area contributed by atoms with Gasteiger partial charge in [-0.3, -0.25) is 9.59 Å². The third-order valence-electron chi connectivity index (χ3n) is 11.2. The Balaban J connectivity index is 1.87. The van der Waals surface area contributed by atoms with Crippen LogP contribution < -0.4 is 0 Å². The van der Waals surface area contributed by atoms with Gasteiger partial charge in [-0.25, -0.2) is 14.8 Å². The molecule has 0 atom stereocenters. The molecule has 56 heavy (non-hydrogen) atoms. The minimum atomic E-state index is -0.432. The first kappa shape index (κ1) is 39.9. The van der Waals surface area contributed by atoms with Crippen LogP contribution in [0, 0.1) is 13.8 Å². The van der Waals surface area contributed by atoms with E-state index >= 15 is 0 Å². The fourth-order valence-electron chi connectivity index (χ4n) is 8.28. The molecule has 0 saturated heterocycles. The number of allylic oxidation sites excluding steroid dienone is 4. The molecular weight excluding hydrogens is 705 g/mol. The van der Waals surface area contributed by atoms with Gasteiger partial charge in [0.1, 0.15) is 0 Å². The van der Waals surface area contributed by atoms with Crippen LogP contribution in [0.2, 0.25) is 0 Å². The number of rotatable bonds is 12. The van der Waals surface area contributed by atoms with Crippen molar-refractivity contribution < 1.29 is 28.6 Å². The molecule has 10 heteroatoms. The summed E-state index contributed by atoms with van der Waals surface area (Å²) in [6.07, 6.45) is 4.28. The molecular formula is C46H52N4O6. The molecule has 2 aliphatic heterocycles. The highest BCUT2D eigenvalue weighted by molar-refractivity contribution is 6.06. The minimum absolute atomic E-state index is 0.217. The standard InChI is InChI=1S/C46H52N4O6/c1-10-27-29(12-3)44-43(33-16-14-15-17-34(33)46(53)56-9)45-30(13-4)28(11-2)38(50-45)23-36-26(6)32(19-21-42(52)55-8)40(48-36)24-39-31(18-20-41(51)54-7)25(5)35(47-39)22-37(27)49-44/h14-17,22-24,47-48H,10-13,18-21H2,1-9H3. The molecule has 0 unspecified atom stereocenters. The molecule has 1 aromatic carbocycles. The summed E-state index contributed by atoms with van der Waals surface area (Å²) in [4.78, 5) is 56.6. The second-order valence-corrected chi connectivity index (χ2v) is 14.1. The fourth-order valence-corrected chi connectivity index (χ4v) is 8.28. The quantitative estimate of drug-likeness (QED) is 0.108. The number of fused-ring (bicyclic) bond motifs is 8. The van der Waals surface area contributed by atoms with Crippen LogP contribution in [0.25, 0.3) is 55.5 Å². The molecule has 10 nitrogen and oxygen atoms in total. The number of aromatic nitrogens is 4. The number of ether oxygens (including phenoxy) is 3. The molecule has 5 heterocycles. The average Bonchev–Trinajstić information content (AvgIpc) is 3.92. The van der Waals surface area contributed by atoms with Gasteiger partial charge in [-0.2, -0.15) is 0 Å². The molecule has 8 bridgehead atoms. The maximum absolute atomic E-state index is 13.4. The van der Waals surface area contributed by atoms with Crippen molar-refractivity contribution in [1.29, 1.82) is 0 Å². The van der Waals surface area contributed by atoms with Crippen molar-refractivity contribution >= 4 is 62.3 Å².